The second-order valence-electron chi connectivity index (χ2n) is 5.27. The number of hydrogen-bond donors (Lipinski definition) is 2. The Labute approximate surface area is 123 Å². The largest absolute Gasteiger partial charge is 0.478 e. The number of carbonyl (C=O) groups excluding carboxylic acids is 1. The minimum atomic E-state index is -0.951. The molecule has 0 aromatic heterocycles. The zero-order valence-corrected chi connectivity index (χ0v) is 12.3. The number of ether oxygens (including phenoxy) is 1. The van der Waals surface area contributed by atoms with Crippen molar-refractivity contribution in [2.45, 2.75) is 25.9 Å². The SMILES string of the molecule is COCC(C)NC(=O)N1CCc2ccc(C(=O)O)cc2C1. The summed E-state index contributed by atoms with van der Waals surface area (Å²) in [4.78, 5) is 24.9. The fourth-order valence-corrected chi connectivity index (χ4v) is 2.46. The number of hydrogen-bond acceptors (Lipinski definition) is 3. The van der Waals surface area contributed by atoms with E-state index in [9.17, 15) is 9.59 Å². The first-order valence-corrected chi connectivity index (χ1v) is 6.90. The number of aromatic carboxylic acids is 1. The van der Waals surface area contributed by atoms with Gasteiger partial charge in [0.2, 0.25) is 0 Å². The topological polar surface area (TPSA) is 78.9 Å². The predicted molar refractivity (Wildman–Crippen MR) is 77.4 cm³/mol. The molecule has 21 heavy (non-hydrogen) atoms. The van der Waals surface area contributed by atoms with Gasteiger partial charge < -0.3 is 20.1 Å². The highest BCUT2D eigenvalue weighted by atomic mass is 16.5. The van der Waals surface area contributed by atoms with Crippen LogP contribution in [0.1, 0.15) is 28.4 Å². The fourth-order valence-electron chi connectivity index (χ4n) is 2.46. The van der Waals surface area contributed by atoms with Gasteiger partial charge in [-0.3, -0.25) is 0 Å². The first kappa shape index (κ1) is 15.3. The van der Waals surface area contributed by atoms with Gasteiger partial charge in [-0.05, 0) is 36.6 Å². The van der Waals surface area contributed by atoms with Gasteiger partial charge in [-0.2, -0.15) is 0 Å². The maximum atomic E-state index is 12.2. The molecule has 0 saturated carbocycles. The monoisotopic (exact) mass is 292 g/mol. The molecule has 1 heterocycles. The summed E-state index contributed by atoms with van der Waals surface area (Å²) in [6, 6.07) is 4.88. The lowest BCUT2D eigenvalue weighted by molar-refractivity contribution is 0.0696. The highest BCUT2D eigenvalue weighted by Crippen LogP contribution is 2.20. The van der Waals surface area contributed by atoms with Crippen molar-refractivity contribution in [2.24, 2.45) is 0 Å². The van der Waals surface area contributed by atoms with Crippen molar-refractivity contribution in [3.05, 3.63) is 34.9 Å². The van der Waals surface area contributed by atoms with E-state index in [0.717, 1.165) is 17.5 Å². The van der Waals surface area contributed by atoms with Gasteiger partial charge in [0.25, 0.3) is 0 Å². The summed E-state index contributed by atoms with van der Waals surface area (Å²) in [5.41, 5.74) is 2.26. The minimum Gasteiger partial charge on any atom is -0.478 e. The van der Waals surface area contributed by atoms with Crippen LogP contribution in [0.2, 0.25) is 0 Å². The molecule has 0 aliphatic carbocycles. The summed E-state index contributed by atoms with van der Waals surface area (Å²) in [5.74, 6) is -0.951. The molecule has 114 valence electrons. The van der Waals surface area contributed by atoms with Crippen molar-refractivity contribution in [1.29, 1.82) is 0 Å². The van der Waals surface area contributed by atoms with Crippen LogP contribution in [0, 0.1) is 0 Å². The van der Waals surface area contributed by atoms with E-state index in [4.69, 9.17) is 9.84 Å². The summed E-state index contributed by atoms with van der Waals surface area (Å²) in [7, 11) is 1.59. The number of methoxy groups -OCH3 is 1. The van der Waals surface area contributed by atoms with Gasteiger partial charge in [0.1, 0.15) is 0 Å². The summed E-state index contributed by atoms with van der Waals surface area (Å²) in [6.07, 6.45) is 0.737. The summed E-state index contributed by atoms with van der Waals surface area (Å²) < 4.78 is 4.99. The normalized spacial score (nSPS) is 15.2. The molecule has 1 aromatic rings. The van der Waals surface area contributed by atoms with E-state index in [0.29, 0.717) is 19.7 Å². The Morgan fingerprint density at radius 3 is 2.86 bits per heavy atom. The molecule has 6 heteroatoms. The van der Waals surface area contributed by atoms with Gasteiger partial charge in [-0.25, -0.2) is 9.59 Å². The minimum absolute atomic E-state index is 0.0609. The number of carboxylic acids is 1. The number of fused-ring (bicyclic) bond motifs is 1. The average molecular weight is 292 g/mol. The molecule has 2 rings (SSSR count). The van der Waals surface area contributed by atoms with Crippen molar-refractivity contribution in [3.63, 3.8) is 0 Å². The highest BCUT2D eigenvalue weighted by molar-refractivity contribution is 5.88. The number of urea groups is 1. The molecule has 0 radical (unpaired) electrons. The number of carboxylic acid groups (broad SMARTS) is 1. The zero-order valence-electron chi connectivity index (χ0n) is 12.3. The summed E-state index contributed by atoms with van der Waals surface area (Å²) in [6.45, 7) is 3.40. The molecular weight excluding hydrogens is 272 g/mol. The van der Waals surface area contributed by atoms with E-state index in [2.05, 4.69) is 5.32 Å². The maximum absolute atomic E-state index is 12.2. The number of nitrogens with one attached hydrogen (secondary N) is 1. The molecule has 1 aliphatic heterocycles. The first-order chi connectivity index (χ1) is 10.0. The molecule has 6 nitrogen and oxygen atoms in total. The lowest BCUT2D eigenvalue weighted by atomic mass is 9.97. The van der Waals surface area contributed by atoms with E-state index in [-0.39, 0.29) is 17.6 Å². The molecule has 2 N–H and O–H groups in total. The molecule has 1 unspecified atom stereocenters. The van der Waals surface area contributed by atoms with Crippen molar-refractivity contribution in [1.82, 2.24) is 10.2 Å². The van der Waals surface area contributed by atoms with Crippen LogP contribution >= 0.6 is 0 Å². The molecule has 0 spiro atoms. The third-order valence-electron chi connectivity index (χ3n) is 3.54. The number of amides is 2. The number of benzene rings is 1. The van der Waals surface area contributed by atoms with E-state index >= 15 is 0 Å². The van der Waals surface area contributed by atoms with Crippen molar-refractivity contribution in [2.75, 3.05) is 20.3 Å². The fraction of sp³-hybridized carbons (Fsp3) is 0.467. The maximum Gasteiger partial charge on any atom is 0.335 e. The van der Waals surface area contributed by atoms with Gasteiger partial charge in [-0.15, -0.1) is 0 Å². The van der Waals surface area contributed by atoms with Crippen LogP contribution in [0.3, 0.4) is 0 Å². The van der Waals surface area contributed by atoms with Crippen LogP contribution < -0.4 is 5.32 Å². The van der Waals surface area contributed by atoms with Crippen LogP contribution in [0.4, 0.5) is 4.79 Å². The quantitative estimate of drug-likeness (QED) is 0.881. The Balaban J connectivity index is 2.05. The van der Waals surface area contributed by atoms with Gasteiger partial charge in [0.15, 0.2) is 0 Å². The Bertz CT molecular complexity index is 544. The number of rotatable bonds is 4. The number of nitrogens with zero attached hydrogens (tertiary/aromatic N) is 1. The van der Waals surface area contributed by atoms with Gasteiger partial charge in [0, 0.05) is 20.2 Å². The zero-order chi connectivity index (χ0) is 15.4. The molecule has 2 amide bonds. The molecule has 0 fully saturated rings. The van der Waals surface area contributed by atoms with Gasteiger partial charge >= 0.3 is 12.0 Å². The van der Waals surface area contributed by atoms with Crippen LogP contribution in [0.15, 0.2) is 18.2 Å². The van der Waals surface area contributed by atoms with E-state index in [1.54, 1.807) is 24.1 Å². The lowest BCUT2D eigenvalue weighted by Gasteiger charge is -2.30. The third kappa shape index (κ3) is 3.72. The Morgan fingerprint density at radius 2 is 2.19 bits per heavy atom. The Hall–Kier alpha value is -2.08. The Morgan fingerprint density at radius 1 is 1.43 bits per heavy atom. The second kappa shape index (κ2) is 6.58. The third-order valence-corrected chi connectivity index (χ3v) is 3.54. The molecule has 1 atom stereocenters. The van der Waals surface area contributed by atoms with Crippen LogP contribution in [-0.4, -0.2) is 48.3 Å². The van der Waals surface area contributed by atoms with Crippen molar-refractivity contribution < 1.29 is 19.4 Å². The Kier molecular flexibility index (Phi) is 4.80. The predicted octanol–water partition coefficient (Wildman–Crippen LogP) is 1.49. The van der Waals surface area contributed by atoms with Crippen molar-refractivity contribution >= 4 is 12.0 Å². The van der Waals surface area contributed by atoms with E-state index in [1.165, 1.54) is 0 Å². The van der Waals surface area contributed by atoms with Crippen LogP contribution in [0.25, 0.3) is 0 Å². The van der Waals surface area contributed by atoms with E-state index in [1.807, 2.05) is 13.0 Å². The molecular formula is C15H20N2O4. The smallest absolute Gasteiger partial charge is 0.335 e. The molecule has 0 bridgehead atoms. The highest BCUT2D eigenvalue weighted by Gasteiger charge is 2.22. The summed E-state index contributed by atoms with van der Waals surface area (Å²) >= 11 is 0. The lowest BCUT2D eigenvalue weighted by Crippen LogP contribution is -2.47. The second-order valence-corrected chi connectivity index (χ2v) is 5.27. The molecule has 0 saturated heterocycles. The van der Waals surface area contributed by atoms with Gasteiger partial charge in [0.05, 0.1) is 18.2 Å². The van der Waals surface area contributed by atoms with Gasteiger partial charge in [-0.1, -0.05) is 6.07 Å². The summed E-state index contributed by atoms with van der Waals surface area (Å²) in [5, 5.41) is 11.9. The molecule has 1 aromatic carbocycles. The van der Waals surface area contributed by atoms with Crippen LogP contribution in [-0.2, 0) is 17.7 Å². The van der Waals surface area contributed by atoms with E-state index < -0.39 is 5.97 Å². The number of carbonyl (C=O) groups is 2. The van der Waals surface area contributed by atoms with Crippen molar-refractivity contribution in [3.8, 4) is 0 Å². The standard InChI is InChI=1S/C15H20N2O4/c1-10(9-21-2)16-15(20)17-6-5-11-3-4-12(14(18)19)7-13(11)8-17/h3-4,7,10H,5-6,8-9H2,1-2H3,(H,16,20)(H,18,19). The first-order valence-electron chi connectivity index (χ1n) is 6.90. The average Bonchev–Trinajstić information content (AvgIpc) is 2.46. The molecule has 1 aliphatic rings. The van der Waals surface area contributed by atoms with Crippen LogP contribution in [0.5, 0.6) is 0 Å².